The van der Waals surface area contributed by atoms with Crippen LogP contribution in [0.4, 0.5) is 0 Å². The van der Waals surface area contributed by atoms with Crippen molar-refractivity contribution in [3.05, 3.63) is 47.9 Å². The molecular formula is C19H22N4S. The van der Waals surface area contributed by atoms with Crippen molar-refractivity contribution < 1.29 is 0 Å². The van der Waals surface area contributed by atoms with Gasteiger partial charge in [0.15, 0.2) is 5.16 Å². The van der Waals surface area contributed by atoms with Crippen molar-refractivity contribution in [3.8, 4) is 0 Å². The molecule has 0 aliphatic heterocycles. The van der Waals surface area contributed by atoms with Gasteiger partial charge < -0.3 is 4.57 Å². The summed E-state index contributed by atoms with van der Waals surface area (Å²) in [5.74, 6) is 1.92. The second-order valence-corrected chi connectivity index (χ2v) is 7.42. The molecule has 3 aromatic rings. The van der Waals surface area contributed by atoms with Gasteiger partial charge in [-0.05, 0) is 31.4 Å². The molecule has 2 heterocycles. The van der Waals surface area contributed by atoms with Crippen LogP contribution in [0.25, 0.3) is 10.9 Å². The Balaban J connectivity index is 1.58. The van der Waals surface area contributed by atoms with Crippen LogP contribution >= 0.6 is 11.8 Å². The molecule has 0 atom stereocenters. The summed E-state index contributed by atoms with van der Waals surface area (Å²) in [6.45, 7) is 2.07. The van der Waals surface area contributed by atoms with Crippen LogP contribution in [0.2, 0.25) is 0 Å². The topological polar surface area (TPSA) is 43.6 Å². The molecule has 1 fully saturated rings. The third-order valence-corrected chi connectivity index (χ3v) is 5.84. The van der Waals surface area contributed by atoms with Gasteiger partial charge in [-0.2, -0.15) is 0 Å². The first-order chi connectivity index (χ1) is 11.8. The molecule has 0 saturated heterocycles. The number of para-hydroxylation sites is 1. The first kappa shape index (κ1) is 15.6. The highest BCUT2D eigenvalue weighted by Crippen LogP contribution is 2.33. The van der Waals surface area contributed by atoms with Gasteiger partial charge in [0.25, 0.3) is 0 Å². The van der Waals surface area contributed by atoms with Gasteiger partial charge in [-0.15, -0.1) is 10.2 Å². The Morgan fingerprint density at radius 1 is 1.08 bits per heavy atom. The van der Waals surface area contributed by atoms with Crippen LogP contribution < -0.4 is 0 Å². The van der Waals surface area contributed by atoms with Gasteiger partial charge in [0, 0.05) is 23.4 Å². The summed E-state index contributed by atoms with van der Waals surface area (Å²) in [7, 11) is 0. The van der Waals surface area contributed by atoms with E-state index in [9.17, 15) is 0 Å². The van der Waals surface area contributed by atoms with Crippen molar-refractivity contribution in [1.82, 2.24) is 19.7 Å². The zero-order valence-corrected chi connectivity index (χ0v) is 14.8. The van der Waals surface area contributed by atoms with Crippen LogP contribution in [0.15, 0.2) is 41.7 Å². The van der Waals surface area contributed by atoms with Crippen molar-refractivity contribution in [1.29, 1.82) is 0 Å². The second kappa shape index (κ2) is 6.93. The van der Waals surface area contributed by atoms with Crippen LogP contribution in [-0.4, -0.2) is 19.7 Å². The molecule has 1 aliphatic carbocycles. The highest BCUT2D eigenvalue weighted by atomic mass is 32.2. The van der Waals surface area contributed by atoms with E-state index in [1.54, 1.807) is 11.8 Å². The average Bonchev–Trinajstić information content (AvgIpc) is 3.01. The monoisotopic (exact) mass is 338 g/mol. The Kier molecular flexibility index (Phi) is 4.52. The largest absolute Gasteiger partial charge is 0.303 e. The van der Waals surface area contributed by atoms with Crippen molar-refractivity contribution in [2.75, 3.05) is 0 Å². The molecular weight excluding hydrogens is 316 g/mol. The number of aryl methyl sites for hydroxylation is 1. The summed E-state index contributed by atoms with van der Waals surface area (Å²) in [6, 6.07) is 11.1. The van der Waals surface area contributed by atoms with Gasteiger partial charge in [0.1, 0.15) is 5.82 Å². The molecule has 24 heavy (non-hydrogen) atoms. The van der Waals surface area contributed by atoms with Crippen molar-refractivity contribution in [2.24, 2.45) is 0 Å². The molecule has 4 nitrogen and oxygen atoms in total. The van der Waals surface area contributed by atoms with E-state index in [-0.39, 0.29) is 0 Å². The van der Waals surface area contributed by atoms with Gasteiger partial charge in [-0.25, -0.2) is 0 Å². The van der Waals surface area contributed by atoms with Gasteiger partial charge >= 0.3 is 0 Å². The number of rotatable bonds is 4. The summed E-state index contributed by atoms with van der Waals surface area (Å²) in [6.07, 6.45) is 8.37. The standard InChI is InChI=1S/C19H22N4S/c1-14-21-22-19(23(14)17-10-3-2-4-11-17)24-13-16-8-5-7-15-9-6-12-20-18(15)16/h5-9,12,17H,2-4,10-11,13H2,1H3. The van der Waals surface area contributed by atoms with E-state index in [0.29, 0.717) is 6.04 Å². The Morgan fingerprint density at radius 3 is 2.79 bits per heavy atom. The number of pyridine rings is 1. The lowest BCUT2D eigenvalue weighted by Gasteiger charge is -2.25. The fourth-order valence-electron chi connectivity index (χ4n) is 3.63. The minimum Gasteiger partial charge on any atom is -0.303 e. The smallest absolute Gasteiger partial charge is 0.191 e. The molecule has 0 radical (unpaired) electrons. The second-order valence-electron chi connectivity index (χ2n) is 6.47. The molecule has 5 heteroatoms. The van der Waals surface area contributed by atoms with E-state index in [0.717, 1.165) is 22.3 Å². The number of hydrogen-bond donors (Lipinski definition) is 0. The normalized spacial score (nSPS) is 15.9. The van der Waals surface area contributed by atoms with Crippen molar-refractivity contribution in [3.63, 3.8) is 0 Å². The van der Waals surface area contributed by atoms with E-state index in [4.69, 9.17) is 0 Å². The summed E-state index contributed by atoms with van der Waals surface area (Å²) in [5.41, 5.74) is 2.35. The fraction of sp³-hybridized carbons (Fsp3) is 0.421. The Bertz CT molecular complexity index is 831. The van der Waals surface area contributed by atoms with E-state index in [1.807, 2.05) is 12.3 Å². The molecule has 0 amide bonds. The van der Waals surface area contributed by atoms with E-state index >= 15 is 0 Å². The van der Waals surface area contributed by atoms with Crippen LogP contribution in [-0.2, 0) is 5.75 Å². The molecule has 0 spiro atoms. The lowest BCUT2D eigenvalue weighted by molar-refractivity contribution is 0.332. The van der Waals surface area contributed by atoms with Gasteiger partial charge in [-0.3, -0.25) is 4.98 Å². The van der Waals surface area contributed by atoms with Gasteiger partial charge in [-0.1, -0.05) is 55.3 Å². The van der Waals surface area contributed by atoms with E-state index in [2.05, 4.69) is 50.9 Å². The fourth-order valence-corrected chi connectivity index (χ4v) is 4.67. The van der Waals surface area contributed by atoms with E-state index in [1.165, 1.54) is 43.1 Å². The first-order valence-electron chi connectivity index (χ1n) is 8.70. The average molecular weight is 338 g/mol. The molecule has 0 bridgehead atoms. The highest BCUT2D eigenvalue weighted by molar-refractivity contribution is 7.98. The molecule has 1 aliphatic rings. The van der Waals surface area contributed by atoms with Gasteiger partial charge in [0.05, 0.1) is 5.52 Å². The highest BCUT2D eigenvalue weighted by Gasteiger charge is 2.21. The quantitative estimate of drug-likeness (QED) is 0.633. The maximum atomic E-state index is 4.55. The third kappa shape index (κ3) is 3.05. The van der Waals surface area contributed by atoms with Crippen LogP contribution in [0, 0.1) is 6.92 Å². The number of aromatic nitrogens is 4. The molecule has 1 saturated carbocycles. The van der Waals surface area contributed by atoms with Crippen molar-refractivity contribution in [2.45, 2.75) is 56.0 Å². The molecule has 0 unspecified atom stereocenters. The lowest BCUT2D eigenvalue weighted by Crippen LogP contribution is -2.15. The number of benzene rings is 1. The zero-order valence-electron chi connectivity index (χ0n) is 14.0. The Labute approximate surface area is 146 Å². The Morgan fingerprint density at radius 2 is 1.92 bits per heavy atom. The van der Waals surface area contributed by atoms with Gasteiger partial charge in [0.2, 0.25) is 0 Å². The summed E-state index contributed by atoms with van der Waals surface area (Å²) >= 11 is 1.78. The third-order valence-electron chi connectivity index (χ3n) is 4.85. The number of fused-ring (bicyclic) bond motifs is 1. The molecule has 4 rings (SSSR count). The molecule has 124 valence electrons. The first-order valence-corrected chi connectivity index (χ1v) is 9.68. The SMILES string of the molecule is Cc1nnc(SCc2cccc3cccnc23)n1C1CCCCC1. The minimum absolute atomic E-state index is 0.571. The minimum atomic E-state index is 0.571. The van der Waals surface area contributed by atoms with Crippen LogP contribution in [0.1, 0.15) is 49.5 Å². The number of nitrogens with zero attached hydrogens (tertiary/aromatic N) is 4. The molecule has 0 N–H and O–H groups in total. The maximum Gasteiger partial charge on any atom is 0.191 e. The van der Waals surface area contributed by atoms with Crippen LogP contribution in [0.3, 0.4) is 0 Å². The summed E-state index contributed by atoms with van der Waals surface area (Å²) < 4.78 is 2.36. The molecule has 2 aromatic heterocycles. The Hall–Kier alpha value is -1.88. The predicted molar refractivity (Wildman–Crippen MR) is 98.2 cm³/mol. The predicted octanol–water partition coefficient (Wildman–Crippen LogP) is 4.93. The maximum absolute atomic E-state index is 4.55. The summed E-state index contributed by atoms with van der Waals surface area (Å²) in [4.78, 5) is 4.55. The number of thioether (sulfide) groups is 1. The van der Waals surface area contributed by atoms with E-state index < -0.39 is 0 Å². The van der Waals surface area contributed by atoms with Crippen LogP contribution in [0.5, 0.6) is 0 Å². The lowest BCUT2D eigenvalue weighted by atomic mass is 9.95. The number of hydrogen-bond acceptors (Lipinski definition) is 4. The summed E-state index contributed by atoms with van der Waals surface area (Å²) in [5, 5.41) is 11.0. The van der Waals surface area contributed by atoms with Crippen molar-refractivity contribution >= 4 is 22.7 Å². The zero-order chi connectivity index (χ0) is 16.4. The molecule has 1 aromatic carbocycles.